The van der Waals surface area contributed by atoms with Crippen LogP contribution in [0.2, 0.25) is 0 Å². The van der Waals surface area contributed by atoms with Crippen molar-refractivity contribution in [3.05, 3.63) is 65.9 Å². The normalized spacial score (nSPS) is 10.6. The smallest absolute Gasteiger partial charge is 0.378 e. The number of pyridine rings is 1. The average Bonchev–Trinajstić information content (AvgIpc) is 3.07. The molecule has 0 aliphatic rings. The van der Waals surface area contributed by atoms with E-state index in [0.717, 1.165) is 22.4 Å². The van der Waals surface area contributed by atoms with Crippen molar-refractivity contribution in [3.63, 3.8) is 0 Å². The van der Waals surface area contributed by atoms with Gasteiger partial charge < -0.3 is 4.74 Å². The highest BCUT2D eigenvalue weighted by molar-refractivity contribution is 7.97. The van der Waals surface area contributed by atoms with Crippen LogP contribution < -0.4 is 5.14 Å². The number of aromatic nitrogens is 4. The van der Waals surface area contributed by atoms with E-state index in [-0.39, 0.29) is 12.4 Å². The lowest BCUT2D eigenvalue weighted by Crippen LogP contribution is -2.08. The van der Waals surface area contributed by atoms with E-state index in [0.29, 0.717) is 18.1 Å². The summed E-state index contributed by atoms with van der Waals surface area (Å²) in [5.41, 5.74) is 1.06. The first-order valence-electron chi connectivity index (χ1n) is 7.71. The van der Waals surface area contributed by atoms with Gasteiger partial charge in [-0.2, -0.15) is 4.68 Å². The van der Waals surface area contributed by atoms with Crippen molar-refractivity contribution >= 4 is 17.9 Å². The van der Waals surface area contributed by atoms with Crippen LogP contribution in [0.25, 0.3) is 5.82 Å². The number of rotatable bonds is 6. The molecule has 0 amide bonds. The molecule has 0 fully saturated rings. The monoisotopic (exact) mass is 355 g/mol. The Balaban J connectivity index is 1.99. The highest BCUT2D eigenvalue weighted by Gasteiger charge is 2.19. The van der Waals surface area contributed by atoms with Gasteiger partial charge in [-0.1, -0.05) is 30.3 Å². The molecule has 8 heteroatoms. The minimum absolute atomic E-state index is 0.0202. The van der Waals surface area contributed by atoms with Gasteiger partial charge in [-0.25, -0.2) is 14.8 Å². The van der Waals surface area contributed by atoms with Crippen LogP contribution in [0.1, 0.15) is 28.9 Å². The third kappa shape index (κ3) is 4.04. The van der Waals surface area contributed by atoms with Gasteiger partial charge in [0, 0.05) is 17.5 Å². The zero-order valence-corrected chi connectivity index (χ0v) is 14.4. The van der Waals surface area contributed by atoms with Crippen molar-refractivity contribution in [1.29, 1.82) is 0 Å². The maximum atomic E-state index is 12.0. The summed E-state index contributed by atoms with van der Waals surface area (Å²) >= 11 is 1.11. The molecule has 0 saturated heterocycles. The fraction of sp³-hybridized carbons (Fsp3) is 0.176. The molecular weight excluding hydrogens is 338 g/mol. The van der Waals surface area contributed by atoms with Gasteiger partial charge in [0.05, 0.1) is 6.61 Å². The summed E-state index contributed by atoms with van der Waals surface area (Å²) in [6, 6.07) is 13.5. The summed E-state index contributed by atoms with van der Waals surface area (Å²) in [7, 11) is 0. The molecule has 25 heavy (non-hydrogen) atoms. The maximum Gasteiger partial charge on any atom is 0.378 e. The van der Waals surface area contributed by atoms with Gasteiger partial charge in [0.1, 0.15) is 5.82 Å². The van der Waals surface area contributed by atoms with Crippen molar-refractivity contribution in [2.24, 2.45) is 5.14 Å². The Kier molecular flexibility index (Phi) is 5.42. The summed E-state index contributed by atoms with van der Waals surface area (Å²) in [6.45, 7) is 2.01. The number of nitrogens with two attached hydrogens (primary N) is 1. The molecule has 3 aromatic rings. The quantitative estimate of drug-likeness (QED) is 0.536. The third-order valence-electron chi connectivity index (χ3n) is 3.41. The standard InChI is InChI=1S/C17H17N5O2S/c1-2-24-17(23)16-20-15(10-12-6-4-3-5-7-12)22(21-16)14-9-8-13(25-18)11-19-14/h3-9,11H,2,10,18H2,1H3. The fourth-order valence-corrected chi connectivity index (χ4v) is 2.53. The molecule has 1 aromatic carbocycles. The van der Waals surface area contributed by atoms with Gasteiger partial charge in [-0.05, 0) is 36.6 Å². The minimum Gasteiger partial charge on any atom is -0.460 e. The number of hydrogen-bond donors (Lipinski definition) is 1. The van der Waals surface area contributed by atoms with E-state index in [9.17, 15) is 4.79 Å². The van der Waals surface area contributed by atoms with Crippen LogP contribution in [0.4, 0.5) is 0 Å². The second kappa shape index (κ2) is 7.91. The van der Waals surface area contributed by atoms with Crippen molar-refractivity contribution in [1.82, 2.24) is 19.7 Å². The number of nitrogens with zero attached hydrogens (tertiary/aromatic N) is 4. The number of esters is 1. The van der Waals surface area contributed by atoms with E-state index in [4.69, 9.17) is 9.88 Å². The Morgan fingerprint density at radius 2 is 2.04 bits per heavy atom. The SMILES string of the molecule is CCOC(=O)c1nc(Cc2ccccc2)n(-c2ccc(SN)cn2)n1. The molecule has 3 rings (SSSR count). The topological polar surface area (TPSA) is 95.9 Å². The predicted molar refractivity (Wildman–Crippen MR) is 94.4 cm³/mol. The first-order valence-corrected chi connectivity index (χ1v) is 8.59. The number of carbonyl (C=O) groups excluding carboxylic acids is 1. The molecule has 0 unspecified atom stereocenters. The first kappa shape index (κ1) is 17.1. The first-order chi connectivity index (χ1) is 12.2. The van der Waals surface area contributed by atoms with Crippen LogP contribution in [0.5, 0.6) is 0 Å². The van der Waals surface area contributed by atoms with E-state index in [2.05, 4.69) is 15.1 Å². The maximum absolute atomic E-state index is 12.0. The van der Waals surface area contributed by atoms with Crippen LogP contribution in [0.3, 0.4) is 0 Å². The zero-order chi connectivity index (χ0) is 17.6. The lowest BCUT2D eigenvalue weighted by atomic mass is 10.1. The van der Waals surface area contributed by atoms with Crippen molar-refractivity contribution in [3.8, 4) is 5.82 Å². The third-order valence-corrected chi connectivity index (χ3v) is 3.92. The summed E-state index contributed by atoms with van der Waals surface area (Å²) in [4.78, 5) is 21.5. The van der Waals surface area contributed by atoms with Crippen LogP contribution in [0.15, 0.2) is 53.6 Å². The molecule has 0 spiro atoms. The van der Waals surface area contributed by atoms with Crippen LogP contribution >= 0.6 is 11.9 Å². The molecule has 0 bridgehead atoms. The van der Waals surface area contributed by atoms with E-state index < -0.39 is 5.97 Å². The average molecular weight is 355 g/mol. The Hall–Kier alpha value is -2.71. The van der Waals surface area contributed by atoms with Crippen LogP contribution in [-0.2, 0) is 11.2 Å². The number of hydrogen-bond acceptors (Lipinski definition) is 7. The van der Waals surface area contributed by atoms with Crippen molar-refractivity contribution < 1.29 is 9.53 Å². The molecule has 2 N–H and O–H groups in total. The number of carbonyl (C=O) groups is 1. The van der Waals surface area contributed by atoms with E-state index in [1.54, 1.807) is 23.9 Å². The highest BCUT2D eigenvalue weighted by atomic mass is 32.2. The van der Waals surface area contributed by atoms with E-state index >= 15 is 0 Å². The van der Waals surface area contributed by atoms with Gasteiger partial charge in [0.2, 0.25) is 0 Å². The van der Waals surface area contributed by atoms with Gasteiger partial charge in [-0.3, -0.25) is 5.14 Å². The second-order valence-electron chi connectivity index (χ2n) is 5.12. The Morgan fingerprint density at radius 3 is 2.68 bits per heavy atom. The summed E-state index contributed by atoms with van der Waals surface area (Å²) in [5, 5.41) is 9.81. The molecular formula is C17H17N5O2S. The Morgan fingerprint density at radius 1 is 1.24 bits per heavy atom. The molecule has 2 aromatic heterocycles. The van der Waals surface area contributed by atoms with Gasteiger partial charge in [0.15, 0.2) is 5.82 Å². The molecule has 2 heterocycles. The lowest BCUT2D eigenvalue weighted by molar-refractivity contribution is 0.0512. The summed E-state index contributed by atoms with van der Waals surface area (Å²) in [6.07, 6.45) is 2.17. The van der Waals surface area contributed by atoms with Crippen LogP contribution in [0, 0.1) is 0 Å². The largest absolute Gasteiger partial charge is 0.460 e. The van der Waals surface area contributed by atoms with Gasteiger partial charge in [-0.15, -0.1) is 5.10 Å². The molecule has 128 valence electrons. The molecule has 0 aliphatic carbocycles. The van der Waals surface area contributed by atoms with Gasteiger partial charge >= 0.3 is 5.97 Å². The minimum atomic E-state index is -0.551. The lowest BCUT2D eigenvalue weighted by Gasteiger charge is -2.05. The van der Waals surface area contributed by atoms with Crippen LogP contribution in [-0.4, -0.2) is 32.3 Å². The Bertz CT molecular complexity index is 849. The fourth-order valence-electron chi connectivity index (χ4n) is 2.27. The summed E-state index contributed by atoms with van der Waals surface area (Å²) < 4.78 is 6.56. The van der Waals surface area contributed by atoms with Gasteiger partial charge in [0.25, 0.3) is 5.82 Å². The molecule has 7 nitrogen and oxygen atoms in total. The molecule has 0 radical (unpaired) electrons. The van der Waals surface area contributed by atoms with Crippen molar-refractivity contribution in [2.45, 2.75) is 18.2 Å². The Labute approximate surface area is 149 Å². The second-order valence-corrected chi connectivity index (χ2v) is 5.82. The molecule has 0 saturated carbocycles. The molecule has 0 aliphatic heterocycles. The van der Waals surface area contributed by atoms with E-state index in [1.165, 1.54) is 0 Å². The zero-order valence-electron chi connectivity index (χ0n) is 13.6. The molecule has 0 atom stereocenters. The number of ether oxygens (including phenoxy) is 1. The summed E-state index contributed by atoms with van der Waals surface area (Å²) in [5.74, 6) is 0.637. The van der Waals surface area contributed by atoms with Crippen molar-refractivity contribution in [2.75, 3.05) is 6.61 Å². The number of benzene rings is 1. The highest BCUT2D eigenvalue weighted by Crippen LogP contribution is 2.16. The predicted octanol–water partition coefficient (Wildman–Crippen LogP) is 2.40. The van der Waals surface area contributed by atoms with E-state index in [1.807, 2.05) is 36.4 Å².